The van der Waals surface area contributed by atoms with Crippen molar-refractivity contribution >= 4 is 27.5 Å². The fourth-order valence-electron chi connectivity index (χ4n) is 3.38. The largest absolute Gasteiger partial charge is 0.338 e. The van der Waals surface area contributed by atoms with Gasteiger partial charge >= 0.3 is 0 Å². The molecule has 0 saturated carbocycles. The lowest BCUT2D eigenvalue weighted by Gasteiger charge is -2.31. The summed E-state index contributed by atoms with van der Waals surface area (Å²) < 4.78 is 1.91. The fourth-order valence-corrected chi connectivity index (χ4v) is 4.43. The third kappa shape index (κ3) is 3.15. The molecule has 2 aromatic rings. The monoisotopic (exact) mass is 334 g/mol. The zero-order valence-electron chi connectivity index (χ0n) is 14.4. The number of rotatable bonds is 4. The molecule has 1 amide bonds. The normalized spacial score (nSPS) is 16.7. The lowest BCUT2D eigenvalue weighted by molar-refractivity contribution is 0.0696. The molecule has 0 aliphatic carbocycles. The number of nitrogens with zero attached hydrogens (tertiary/aromatic N) is 3. The molecule has 1 fully saturated rings. The van der Waals surface area contributed by atoms with Crippen LogP contribution in [0.3, 0.4) is 0 Å². The maximum Gasteiger partial charge on any atom is 0.264 e. The number of aromatic nitrogens is 2. The molecule has 0 aromatic carbocycles. The van der Waals surface area contributed by atoms with Gasteiger partial charge in [0.05, 0.1) is 10.6 Å². The van der Waals surface area contributed by atoms with Gasteiger partial charge in [0.25, 0.3) is 5.91 Å². The molecule has 5 nitrogen and oxygen atoms in total. The third-order valence-corrected chi connectivity index (χ3v) is 5.88. The predicted octanol–water partition coefficient (Wildman–Crippen LogP) is 2.83. The highest BCUT2D eigenvalue weighted by Gasteiger charge is 2.26. The standard InChI is InChI=1S/C17H26N4OS/c1-11(2)15-13-9-14(23-17(13)20(4)19-15)16(22)21-7-5-12(6-8-21)10-18-3/h9,11-12,18H,5-8,10H2,1-4H3. The Kier molecular flexibility index (Phi) is 4.73. The van der Waals surface area contributed by atoms with Crippen molar-refractivity contribution in [3.63, 3.8) is 0 Å². The van der Waals surface area contributed by atoms with Gasteiger partial charge in [0, 0.05) is 25.5 Å². The summed E-state index contributed by atoms with van der Waals surface area (Å²) >= 11 is 1.57. The number of carbonyl (C=O) groups excluding carboxylic acids is 1. The average Bonchev–Trinajstić information content (AvgIpc) is 3.08. The van der Waals surface area contributed by atoms with Crippen molar-refractivity contribution in [2.75, 3.05) is 26.7 Å². The number of piperidine rings is 1. The number of amides is 1. The molecule has 1 N–H and O–H groups in total. The minimum atomic E-state index is 0.184. The number of likely N-dealkylation sites (tertiary alicyclic amines) is 1. The smallest absolute Gasteiger partial charge is 0.264 e. The number of carbonyl (C=O) groups is 1. The highest BCUT2D eigenvalue weighted by molar-refractivity contribution is 7.20. The molecule has 0 bridgehead atoms. The Morgan fingerprint density at radius 3 is 2.74 bits per heavy atom. The van der Waals surface area contributed by atoms with Gasteiger partial charge in [-0.15, -0.1) is 11.3 Å². The van der Waals surface area contributed by atoms with Crippen molar-refractivity contribution in [3.05, 3.63) is 16.6 Å². The van der Waals surface area contributed by atoms with Gasteiger partial charge in [-0.05, 0) is 44.3 Å². The van der Waals surface area contributed by atoms with Crippen LogP contribution < -0.4 is 5.32 Å². The molecular weight excluding hydrogens is 308 g/mol. The van der Waals surface area contributed by atoms with E-state index < -0.39 is 0 Å². The second kappa shape index (κ2) is 6.61. The summed E-state index contributed by atoms with van der Waals surface area (Å²) in [5.74, 6) is 1.25. The molecule has 0 unspecified atom stereocenters. The molecule has 126 valence electrons. The molecular formula is C17H26N4OS. The van der Waals surface area contributed by atoms with Crippen LogP contribution in [0.4, 0.5) is 0 Å². The lowest BCUT2D eigenvalue weighted by Crippen LogP contribution is -2.40. The van der Waals surface area contributed by atoms with E-state index in [9.17, 15) is 4.79 Å². The zero-order chi connectivity index (χ0) is 16.6. The van der Waals surface area contributed by atoms with Gasteiger partial charge in [0.1, 0.15) is 4.83 Å². The van der Waals surface area contributed by atoms with Gasteiger partial charge in [0.2, 0.25) is 0 Å². The van der Waals surface area contributed by atoms with Crippen molar-refractivity contribution in [2.24, 2.45) is 13.0 Å². The first-order chi connectivity index (χ1) is 11.0. The minimum absolute atomic E-state index is 0.184. The van der Waals surface area contributed by atoms with Crippen LogP contribution in [0.1, 0.15) is 48.0 Å². The highest BCUT2D eigenvalue weighted by atomic mass is 32.1. The van der Waals surface area contributed by atoms with E-state index in [4.69, 9.17) is 0 Å². The Labute approximate surface area is 141 Å². The van der Waals surface area contributed by atoms with Gasteiger partial charge in [-0.1, -0.05) is 13.8 Å². The van der Waals surface area contributed by atoms with Crippen LogP contribution in [0.2, 0.25) is 0 Å². The molecule has 2 aromatic heterocycles. The Bertz CT molecular complexity index is 695. The molecule has 3 rings (SSSR count). The summed E-state index contributed by atoms with van der Waals surface area (Å²) in [4.78, 5) is 16.8. The molecule has 6 heteroatoms. The molecule has 0 radical (unpaired) electrons. The zero-order valence-corrected chi connectivity index (χ0v) is 15.2. The molecule has 23 heavy (non-hydrogen) atoms. The fraction of sp³-hybridized carbons (Fsp3) is 0.647. The van der Waals surface area contributed by atoms with E-state index in [-0.39, 0.29) is 5.91 Å². The summed E-state index contributed by atoms with van der Waals surface area (Å²) in [6, 6.07) is 2.05. The maximum absolute atomic E-state index is 12.8. The van der Waals surface area contributed by atoms with Crippen LogP contribution in [-0.2, 0) is 7.05 Å². The van der Waals surface area contributed by atoms with Crippen LogP contribution in [0, 0.1) is 5.92 Å². The van der Waals surface area contributed by atoms with Crippen molar-refractivity contribution in [2.45, 2.75) is 32.6 Å². The second-order valence-corrected chi connectivity index (χ2v) is 7.82. The van der Waals surface area contributed by atoms with Crippen molar-refractivity contribution < 1.29 is 4.79 Å². The Hall–Kier alpha value is -1.40. The Morgan fingerprint density at radius 1 is 1.43 bits per heavy atom. The van der Waals surface area contributed by atoms with Crippen molar-refractivity contribution in [1.29, 1.82) is 0 Å². The number of hydrogen-bond acceptors (Lipinski definition) is 4. The van der Waals surface area contributed by atoms with Crippen LogP contribution >= 0.6 is 11.3 Å². The number of aryl methyl sites for hydroxylation is 1. The first kappa shape index (κ1) is 16.5. The summed E-state index contributed by atoms with van der Waals surface area (Å²) in [5.41, 5.74) is 1.09. The summed E-state index contributed by atoms with van der Waals surface area (Å²) in [5, 5.41) is 8.97. The third-order valence-electron chi connectivity index (χ3n) is 4.69. The summed E-state index contributed by atoms with van der Waals surface area (Å²) in [7, 11) is 3.96. The van der Waals surface area contributed by atoms with E-state index in [1.807, 2.05) is 29.7 Å². The van der Waals surface area contributed by atoms with E-state index in [1.165, 1.54) is 0 Å². The molecule has 0 spiro atoms. The van der Waals surface area contributed by atoms with E-state index >= 15 is 0 Å². The van der Waals surface area contributed by atoms with E-state index in [0.717, 1.165) is 53.3 Å². The number of fused-ring (bicyclic) bond motifs is 1. The molecule has 3 heterocycles. The van der Waals surface area contributed by atoms with Crippen molar-refractivity contribution in [1.82, 2.24) is 20.0 Å². The van der Waals surface area contributed by atoms with Crippen LogP contribution in [0.15, 0.2) is 6.07 Å². The van der Waals surface area contributed by atoms with Gasteiger partial charge in [0.15, 0.2) is 0 Å². The Morgan fingerprint density at radius 2 is 2.13 bits per heavy atom. The van der Waals surface area contributed by atoms with Crippen LogP contribution in [0.25, 0.3) is 10.2 Å². The Balaban J connectivity index is 1.78. The number of thiophene rings is 1. The molecule has 1 aliphatic heterocycles. The van der Waals surface area contributed by atoms with Gasteiger partial charge in [-0.25, -0.2) is 0 Å². The molecule has 1 saturated heterocycles. The van der Waals surface area contributed by atoms with Crippen LogP contribution in [0.5, 0.6) is 0 Å². The quantitative estimate of drug-likeness (QED) is 0.935. The van der Waals surface area contributed by atoms with Gasteiger partial charge in [-0.3, -0.25) is 9.48 Å². The van der Waals surface area contributed by atoms with E-state index in [0.29, 0.717) is 11.8 Å². The first-order valence-corrected chi connectivity index (χ1v) is 9.23. The summed E-state index contributed by atoms with van der Waals surface area (Å²) in [6.45, 7) is 7.08. The summed E-state index contributed by atoms with van der Waals surface area (Å²) in [6.07, 6.45) is 2.19. The first-order valence-electron chi connectivity index (χ1n) is 8.41. The second-order valence-electron chi connectivity index (χ2n) is 6.79. The lowest BCUT2D eigenvalue weighted by atomic mass is 9.97. The maximum atomic E-state index is 12.8. The van der Waals surface area contributed by atoms with E-state index in [2.05, 4.69) is 24.3 Å². The minimum Gasteiger partial charge on any atom is -0.338 e. The number of nitrogens with one attached hydrogen (secondary N) is 1. The SMILES string of the molecule is CNCC1CCN(C(=O)c2cc3c(C(C)C)nn(C)c3s2)CC1. The van der Waals surface area contributed by atoms with Crippen LogP contribution in [-0.4, -0.2) is 47.3 Å². The highest BCUT2D eigenvalue weighted by Crippen LogP contribution is 2.32. The average molecular weight is 334 g/mol. The molecule has 1 aliphatic rings. The topological polar surface area (TPSA) is 50.2 Å². The van der Waals surface area contributed by atoms with Gasteiger partial charge < -0.3 is 10.2 Å². The number of hydrogen-bond donors (Lipinski definition) is 1. The van der Waals surface area contributed by atoms with Gasteiger partial charge in [-0.2, -0.15) is 5.10 Å². The predicted molar refractivity (Wildman–Crippen MR) is 95.2 cm³/mol. The molecule has 0 atom stereocenters. The van der Waals surface area contributed by atoms with Crippen molar-refractivity contribution in [3.8, 4) is 0 Å². The van der Waals surface area contributed by atoms with E-state index in [1.54, 1.807) is 11.3 Å².